The number of nitrogens with two attached hydrogens (primary N) is 1. The molecule has 0 saturated heterocycles. The molecular weight excluding hydrogens is 383 g/mol. The summed E-state index contributed by atoms with van der Waals surface area (Å²) < 4.78 is 6.73. The topological polar surface area (TPSA) is 82.6 Å². The van der Waals surface area contributed by atoms with E-state index in [1.807, 2.05) is 24.3 Å². The number of amidine groups is 1. The summed E-state index contributed by atoms with van der Waals surface area (Å²) >= 11 is 2.25. The first kappa shape index (κ1) is 15.5. The number of hydrogen-bond donors (Lipinski definition) is 1. The Hall–Kier alpha value is -1.90. The molecule has 0 saturated carbocycles. The van der Waals surface area contributed by atoms with Crippen LogP contribution in [0.1, 0.15) is 12.1 Å². The van der Waals surface area contributed by atoms with E-state index in [-0.39, 0.29) is 5.84 Å². The maximum atomic E-state index is 5.71. The third kappa shape index (κ3) is 5.54. The van der Waals surface area contributed by atoms with Crippen LogP contribution in [0.2, 0.25) is 0 Å². The van der Waals surface area contributed by atoms with Crippen LogP contribution >= 0.6 is 22.6 Å². The molecule has 0 aliphatic rings. The van der Waals surface area contributed by atoms with Crippen molar-refractivity contribution < 1.29 is 9.57 Å². The molecule has 6 nitrogen and oxygen atoms in total. The molecule has 0 radical (unpaired) electrons. The second-order valence-electron chi connectivity index (χ2n) is 4.06. The zero-order valence-electron chi connectivity index (χ0n) is 11.3. The van der Waals surface area contributed by atoms with Crippen molar-refractivity contribution in [3.8, 4) is 5.75 Å². The van der Waals surface area contributed by atoms with Gasteiger partial charge in [0, 0.05) is 22.4 Å². The summed E-state index contributed by atoms with van der Waals surface area (Å²) in [6.07, 6.45) is 5.36. The molecule has 110 valence electrons. The van der Waals surface area contributed by atoms with Crippen molar-refractivity contribution in [2.45, 2.75) is 6.42 Å². The van der Waals surface area contributed by atoms with Crippen LogP contribution in [0.15, 0.2) is 48.0 Å². The summed E-state index contributed by atoms with van der Waals surface area (Å²) in [5.74, 6) is 1.06. The highest BCUT2D eigenvalue weighted by molar-refractivity contribution is 14.1. The summed E-state index contributed by atoms with van der Waals surface area (Å²) in [5, 5.41) is 3.79. The van der Waals surface area contributed by atoms with Crippen molar-refractivity contribution in [2.24, 2.45) is 10.9 Å². The Bertz CT molecular complexity index is 593. The molecule has 0 spiro atoms. The van der Waals surface area contributed by atoms with E-state index in [1.54, 1.807) is 12.4 Å². The number of hydrogen-bond acceptors (Lipinski definition) is 5. The molecule has 1 heterocycles. The van der Waals surface area contributed by atoms with E-state index in [0.29, 0.717) is 25.3 Å². The predicted octanol–water partition coefficient (Wildman–Crippen LogP) is 2.19. The van der Waals surface area contributed by atoms with E-state index in [9.17, 15) is 0 Å². The minimum atomic E-state index is 0.210. The Labute approximate surface area is 136 Å². The predicted molar refractivity (Wildman–Crippen MR) is 88.0 cm³/mol. The lowest BCUT2D eigenvalue weighted by molar-refractivity contribution is 0.127. The molecule has 2 rings (SSSR count). The van der Waals surface area contributed by atoms with Gasteiger partial charge in [0.1, 0.15) is 18.1 Å². The minimum Gasteiger partial charge on any atom is -0.493 e. The Morgan fingerprint density at radius 3 is 2.95 bits per heavy atom. The van der Waals surface area contributed by atoms with Crippen LogP contribution in [-0.2, 0) is 4.84 Å². The molecule has 0 aliphatic heterocycles. The summed E-state index contributed by atoms with van der Waals surface area (Å²) in [4.78, 5) is 13.0. The van der Waals surface area contributed by atoms with E-state index in [1.165, 1.54) is 6.20 Å². The molecule has 0 bridgehead atoms. The van der Waals surface area contributed by atoms with E-state index in [0.717, 1.165) is 9.32 Å². The van der Waals surface area contributed by atoms with E-state index >= 15 is 0 Å². The Morgan fingerprint density at radius 1 is 1.29 bits per heavy atom. The van der Waals surface area contributed by atoms with Gasteiger partial charge in [-0.2, -0.15) is 0 Å². The maximum absolute atomic E-state index is 5.71. The normalized spacial score (nSPS) is 11.2. The van der Waals surface area contributed by atoms with E-state index < -0.39 is 0 Å². The van der Waals surface area contributed by atoms with Gasteiger partial charge in [-0.25, -0.2) is 4.98 Å². The van der Waals surface area contributed by atoms with Gasteiger partial charge in [0.05, 0.1) is 12.8 Å². The van der Waals surface area contributed by atoms with Crippen molar-refractivity contribution >= 4 is 28.4 Å². The first-order valence-corrected chi connectivity index (χ1v) is 7.44. The van der Waals surface area contributed by atoms with Crippen molar-refractivity contribution in [1.29, 1.82) is 0 Å². The molecule has 1 aromatic carbocycles. The summed E-state index contributed by atoms with van der Waals surface area (Å²) in [5.41, 5.74) is 6.20. The fourth-order valence-electron chi connectivity index (χ4n) is 1.46. The molecule has 1 aromatic heterocycles. The van der Waals surface area contributed by atoms with Crippen molar-refractivity contribution in [2.75, 3.05) is 13.2 Å². The molecular formula is C14H15IN4O2. The van der Waals surface area contributed by atoms with Gasteiger partial charge in [-0.15, -0.1) is 0 Å². The Balaban J connectivity index is 1.66. The highest BCUT2D eigenvalue weighted by Gasteiger charge is 1.99. The van der Waals surface area contributed by atoms with Crippen LogP contribution in [0.4, 0.5) is 0 Å². The third-order valence-corrected chi connectivity index (χ3v) is 3.10. The average Bonchev–Trinajstić information content (AvgIpc) is 2.51. The molecule has 0 amide bonds. The van der Waals surface area contributed by atoms with Crippen LogP contribution in [0.25, 0.3) is 0 Å². The zero-order valence-corrected chi connectivity index (χ0v) is 13.4. The molecule has 0 aliphatic carbocycles. The van der Waals surface area contributed by atoms with Gasteiger partial charge in [0.15, 0.2) is 5.84 Å². The second-order valence-corrected chi connectivity index (χ2v) is 5.31. The lowest BCUT2D eigenvalue weighted by Gasteiger charge is -2.06. The maximum Gasteiger partial charge on any atom is 0.190 e. The number of nitrogens with zero attached hydrogens (tertiary/aromatic N) is 3. The largest absolute Gasteiger partial charge is 0.493 e. The van der Waals surface area contributed by atoms with Gasteiger partial charge in [-0.05, 0) is 40.8 Å². The fraction of sp³-hybridized carbons (Fsp3) is 0.214. The summed E-state index contributed by atoms with van der Waals surface area (Å²) in [7, 11) is 0. The fourth-order valence-corrected chi connectivity index (χ4v) is 1.98. The monoisotopic (exact) mass is 398 g/mol. The Kier molecular flexibility index (Phi) is 6.20. The lowest BCUT2D eigenvalue weighted by Crippen LogP contribution is -2.16. The third-order valence-electron chi connectivity index (χ3n) is 2.43. The van der Waals surface area contributed by atoms with Crippen molar-refractivity contribution in [3.05, 3.63) is 52.1 Å². The molecule has 7 heteroatoms. The number of oxime groups is 1. The molecule has 0 atom stereocenters. The Morgan fingerprint density at radius 2 is 2.19 bits per heavy atom. The van der Waals surface area contributed by atoms with E-state index in [2.05, 4.69) is 37.7 Å². The van der Waals surface area contributed by atoms with Crippen LogP contribution in [-0.4, -0.2) is 29.0 Å². The number of rotatable bonds is 7. The van der Waals surface area contributed by atoms with Gasteiger partial charge in [-0.1, -0.05) is 11.2 Å². The minimum absolute atomic E-state index is 0.210. The van der Waals surface area contributed by atoms with E-state index in [4.69, 9.17) is 15.3 Å². The molecule has 2 aromatic rings. The molecule has 0 unspecified atom stereocenters. The number of benzene rings is 1. The second kappa shape index (κ2) is 8.40. The quantitative estimate of drug-likeness (QED) is 0.254. The highest BCUT2D eigenvalue weighted by Crippen LogP contribution is 2.14. The highest BCUT2D eigenvalue weighted by atomic mass is 127. The van der Waals surface area contributed by atoms with Crippen molar-refractivity contribution in [3.63, 3.8) is 0 Å². The first-order chi connectivity index (χ1) is 10.3. The van der Waals surface area contributed by atoms with Crippen LogP contribution < -0.4 is 10.5 Å². The number of ether oxygens (including phenoxy) is 1. The average molecular weight is 398 g/mol. The zero-order chi connectivity index (χ0) is 14.9. The molecule has 0 fully saturated rings. The smallest absolute Gasteiger partial charge is 0.190 e. The van der Waals surface area contributed by atoms with Gasteiger partial charge < -0.3 is 15.3 Å². The first-order valence-electron chi connectivity index (χ1n) is 6.36. The molecule has 21 heavy (non-hydrogen) atoms. The van der Waals surface area contributed by atoms with Gasteiger partial charge in [0.2, 0.25) is 0 Å². The standard InChI is InChI=1S/C14H15IN4O2/c15-11-3-1-4-12(9-11)20-7-2-8-21-19-14(16)13-10-17-5-6-18-13/h1,3-6,9-10H,2,7-8H2,(H2,16,19). The molecule has 2 N–H and O–H groups in total. The number of halogens is 1. The van der Waals surface area contributed by atoms with Crippen molar-refractivity contribution in [1.82, 2.24) is 9.97 Å². The lowest BCUT2D eigenvalue weighted by atomic mass is 10.3. The SMILES string of the molecule is NC(=NOCCCOc1cccc(I)c1)c1cnccn1. The van der Waals surface area contributed by atoms with Crippen LogP contribution in [0, 0.1) is 3.57 Å². The van der Waals surface area contributed by atoms with Gasteiger partial charge in [-0.3, -0.25) is 4.98 Å². The summed E-state index contributed by atoms with van der Waals surface area (Å²) in [6.45, 7) is 0.978. The summed E-state index contributed by atoms with van der Waals surface area (Å²) in [6, 6.07) is 7.87. The van der Waals surface area contributed by atoms with Crippen LogP contribution in [0.5, 0.6) is 5.75 Å². The van der Waals surface area contributed by atoms with Crippen LogP contribution in [0.3, 0.4) is 0 Å². The van der Waals surface area contributed by atoms with Gasteiger partial charge in [0.25, 0.3) is 0 Å². The van der Waals surface area contributed by atoms with Gasteiger partial charge >= 0.3 is 0 Å². The number of aromatic nitrogens is 2.